The first-order chi connectivity index (χ1) is 9.10. The van der Waals surface area contributed by atoms with Gasteiger partial charge in [0.05, 0.1) is 10.0 Å². The highest BCUT2D eigenvalue weighted by Gasteiger charge is 2.13. The Hall–Kier alpha value is -0.440. The normalized spacial score (nSPS) is 12.5. The predicted molar refractivity (Wildman–Crippen MR) is 83.7 cm³/mol. The molecule has 1 N–H and O–H groups in total. The SMILES string of the molecule is CCCCC(CNCC)Oc1ccc(Cl)c(Cl)c1C. The highest BCUT2D eigenvalue weighted by Crippen LogP contribution is 2.32. The Morgan fingerprint density at radius 3 is 2.63 bits per heavy atom. The summed E-state index contributed by atoms with van der Waals surface area (Å²) >= 11 is 12.1. The number of benzene rings is 1. The minimum absolute atomic E-state index is 0.177. The van der Waals surface area contributed by atoms with Crippen LogP contribution < -0.4 is 10.1 Å². The van der Waals surface area contributed by atoms with Crippen LogP contribution in [0.5, 0.6) is 5.75 Å². The third-order valence-corrected chi connectivity index (χ3v) is 3.98. The van der Waals surface area contributed by atoms with E-state index in [2.05, 4.69) is 19.2 Å². The van der Waals surface area contributed by atoms with Crippen molar-refractivity contribution in [2.24, 2.45) is 0 Å². The van der Waals surface area contributed by atoms with Crippen LogP contribution in [0.15, 0.2) is 12.1 Å². The Kier molecular flexibility index (Phi) is 7.59. The van der Waals surface area contributed by atoms with Crippen LogP contribution in [0.2, 0.25) is 10.0 Å². The van der Waals surface area contributed by atoms with Gasteiger partial charge in [-0.1, -0.05) is 43.5 Å². The average Bonchev–Trinajstić information content (AvgIpc) is 2.42. The van der Waals surface area contributed by atoms with Crippen LogP contribution >= 0.6 is 23.2 Å². The molecule has 0 saturated heterocycles. The molecule has 1 atom stereocenters. The molecule has 108 valence electrons. The van der Waals surface area contributed by atoms with Gasteiger partial charge in [-0.3, -0.25) is 0 Å². The van der Waals surface area contributed by atoms with Gasteiger partial charge in [0.25, 0.3) is 0 Å². The largest absolute Gasteiger partial charge is 0.489 e. The van der Waals surface area contributed by atoms with Crippen molar-refractivity contribution >= 4 is 23.2 Å². The van der Waals surface area contributed by atoms with Gasteiger partial charge in [0.15, 0.2) is 0 Å². The van der Waals surface area contributed by atoms with Gasteiger partial charge < -0.3 is 10.1 Å². The lowest BCUT2D eigenvalue weighted by atomic mass is 10.1. The van der Waals surface area contributed by atoms with E-state index in [9.17, 15) is 0 Å². The summed E-state index contributed by atoms with van der Waals surface area (Å²) in [6, 6.07) is 3.69. The van der Waals surface area contributed by atoms with E-state index in [0.29, 0.717) is 10.0 Å². The fraction of sp³-hybridized carbons (Fsp3) is 0.600. The summed E-state index contributed by atoms with van der Waals surface area (Å²) in [6.07, 6.45) is 3.56. The molecular formula is C15H23Cl2NO. The van der Waals surface area contributed by atoms with Crippen molar-refractivity contribution in [2.45, 2.75) is 46.1 Å². The van der Waals surface area contributed by atoms with Crippen molar-refractivity contribution in [3.63, 3.8) is 0 Å². The van der Waals surface area contributed by atoms with E-state index >= 15 is 0 Å². The molecule has 1 unspecified atom stereocenters. The number of hydrogen-bond donors (Lipinski definition) is 1. The second-order valence-corrected chi connectivity index (χ2v) is 5.46. The Bertz CT molecular complexity index is 388. The van der Waals surface area contributed by atoms with Gasteiger partial charge in [0, 0.05) is 12.1 Å². The minimum Gasteiger partial charge on any atom is -0.489 e. The highest BCUT2D eigenvalue weighted by atomic mass is 35.5. The lowest BCUT2D eigenvalue weighted by Gasteiger charge is -2.21. The third-order valence-electron chi connectivity index (χ3n) is 3.08. The van der Waals surface area contributed by atoms with E-state index in [1.165, 1.54) is 6.42 Å². The molecule has 0 aliphatic heterocycles. The predicted octanol–water partition coefficient (Wildman–Crippen LogP) is 4.85. The molecule has 2 nitrogen and oxygen atoms in total. The number of ether oxygens (including phenoxy) is 1. The van der Waals surface area contributed by atoms with Crippen LogP contribution in [0.3, 0.4) is 0 Å². The molecule has 0 radical (unpaired) electrons. The number of halogens is 2. The molecule has 0 spiro atoms. The third kappa shape index (κ3) is 5.21. The first kappa shape index (κ1) is 16.6. The van der Waals surface area contributed by atoms with Crippen LogP contribution in [0.1, 0.15) is 38.7 Å². The van der Waals surface area contributed by atoms with E-state index in [-0.39, 0.29) is 6.10 Å². The molecule has 0 bridgehead atoms. The fourth-order valence-corrected chi connectivity index (χ4v) is 2.24. The Labute approximate surface area is 126 Å². The van der Waals surface area contributed by atoms with E-state index in [0.717, 1.165) is 37.2 Å². The molecule has 1 aromatic carbocycles. The van der Waals surface area contributed by atoms with Crippen LogP contribution in [-0.2, 0) is 0 Å². The summed E-state index contributed by atoms with van der Waals surface area (Å²) in [6.45, 7) is 8.03. The Morgan fingerprint density at radius 2 is 2.00 bits per heavy atom. The number of rotatable bonds is 8. The summed E-state index contributed by atoms with van der Waals surface area (Å²) in [7, 11) is 0. The van der Waals surface area contributed by atoms with Crippen molar-refractivity contribution in [3.8, 4) is 5.75 Å². The maximum atomic E-state index is 6.15. The van der Waals surface area contributed by atoms with Gasteiger partial charge in [-0.2, -0.15) is 0 Å². The summed E-state index contributed by atoms with van der Waals surface area (Å²) in [5.74, 6) is 0.827. The van der Waals surface area contributed by atoms with E-state index in [1.807, 2.05) is 13.0 Å². The average molecular weight is 304 g/mol. The lowest BCUT2D eigenvalue weighted by molar-refractivity contribution is 0.184. The number of nitrogens with one attached hydrogen (secondary N) is 1. The topological polar surface area (TPSA) is 21.3 Å². The second-order valence-electron chi connectivity index (χ2n) is 4.67. The highest BCUT2D eigenvalue weighted by molar-refractivity contribution is 6.42. The second kappa shape index (κ2) is 8.68. The monoisotopic (exact) mass is 303 g/mol. The van der Waals surface area contributed by atoms with E-state index in [1.54, 1.807) is 6.07 Å². The van der Waals surface area contributed by atoms with Crippen molar-refractivity contribution < 1.29 is 4.74 Å². The molecule has 0 saturated carbocycles. The summed E-state index contributed by atoms with van der Waals surface area (Å²) < 4.78 is 6.08. The fourth-order valence-electron chi connectivity index (χ4n) is 1.88. The van der Waals surface area contributed by atoms with Crippen molar-refractivity contribution in [1.29, 1.82) is 0 Å². The minimum atomic E-state index is 0.177. The van der Waals surface area contributed by atoms with Gasteiger partial charge in [0.2, 0.25) is 0 Å². The summed E-state index contributed by atoms with van der Waals surface area (Å²) in [5.41, 5.74) is 0.909. The number of likely N-dealkylation sites (N-methyl/N-ethyl adjacent to an activating group) is 1. The smallest absolute Gasteiger partial charge is 0.124 e. The molecule has 4 heteroatoms. The summed E-state index contributed by atoms with van der Waals surface area (Å²) in [4.78, 5) is 0. The zero-order valence-electron chi connectivity index (χ0n) is 11.9. The molecule has 19 heavy (non-hydrogen) atoms. The van der Waals surface area contributed by atoms with Crippen molar-refractivity contribution in [1.82, 2.24) is 5.32 Å². The van der Waals surface area contributed by atoms with Gasteiger partial charge in [-0.15, -0.1) is 0 Å². The van der Waals surface area contributed by atoms with Gasteiger partial charge >= 0.3 is 0 Å². The molecule has 1 rings (SSSR count). The Morgan fingerprint density at radius 1 is 1.26 bits per heavy atom. The van der Waals surface area contributed by atoms with Gasteiger partial charge in [-0.25, -0.2) is 0 Å². The molecule has 1 aromatic rings. The zero-order chi connectivity index (χ0) is 14.3. The van der Waals surface area contributed by atoms with Crippen molar-refractivity contribution in [3.05, 3.63) is 27.7 Å². The maximum Gasteiger partial charge on any atom is 0.124 e. The van der Waals surface area contributed by atoms with Crippen LogP contribution in [0, 0.1) is 6.92 Å². The number of unbranched alkanes of at least 4 members (excludes halogenated alkanes) is 1. The Balaban J connectivity index is 2.74. The zero-order valence-corrected chi connectivity index (χ0v) is 13.4. The van der Waals surface area contributed by atoms with E-state index < -0.39 is 0 Å². The van der Waals surface area contributed by atoms with Crippen LogP contribution in [0.25, 0.3) is 0 Å². The lowest BCUT2D eigenvalue weighted by Crippen LogP contribution is -2.31. The standard InChI is InChI=1S/C15H23Cl2NO/c1-4-6-7-12(10-18-5-2)19-14-9-8-13(16)15(17)11(14)3/h8-9,12,18H,4-7,10H2,1-3H3. The van der Waals surface area contributed by atoms with Gasteiger partial charge in [-0.05, 0) is 38.4 Å². The summed E-state index contributed by atoms with van der Waals surface area (Å²) in [5, 5.41) is 4.49. The molecular weight excluding hydrogens is 281 g/mol. The molecule has 0 aliphatic carbocycles. The molecule has 0 aliphatic rings. The first-order valence-corrected chi connectivity index (χ1v) is 7.67. The molecule has 0 aromatic heterocycles. The quantitative estimate of drug-likeness (QED) is 0.741. The van der Waals surface area contributed by atoms with Crippen LogP contribution in [0.4, 0.5) is 0 Å². The number of hydrogen-bond acceptors (Lipinski definition) is 2. The molecule has 0 amide bonds. The van der Waals surface area contributed by atoms with Crippen LogP contribution in [-0.4, -0.2) is 19.2 Å². The maximum absolute atomic E-state index is 6.15. The van der Waals surface area contributed by atoms with Gasteiger partial charge in [0.1, 0.15) is 11.9 Å². The molecule has 0 heterocycles. The van der Waals surface area contributed by atoms with E-state index in [4.69, 9.17) is 27.9 Å². The van der Waals surface area contributed by atoms with Crippen molar-refractivity contribution in [2.75, 3.05) is 13.1 Å². The first-order valence-electron chi connectivity index (χ1n) is 6.92. The molecule has 0 fully saturated rings.